The van der Waals surface area contributed by atoms with E-state index in [1.807, 2.05) is 29.7 Å². The van der Waals surface area contributed by atoms with Crippen molar-refractivity contribution in [3.8, 4) is 0 Å². The smallest absolute Gasteiger partial charge is 0.326 e. The van der Waals surface area contributed by atoms with Crippen LogP contribution in [0.4, 0.5) is 5.82 Å². The third kappa shape index (κ3) is 2.97. The highest BCUT2D eigenvalue weighted by Crippen LogP contribution is 2.28. The monoisotopic (exact) mass is 355 g/mol. The maximum absolute atomic E-state index is 12.6. The van der Waals surface area contributed by atoms with Crippen molar-refractivity contribution in [1.82, 2.24) is 19.4 Å². The number of pyridine rings is 1. The molecule has 3 heterocycles. The molecule has 1 fully saturated rings. The van der Waals surface area contributed by atoms with Gasteiger partial charge in [0.05, 0.1) is 17.6 Å². The van der Waals surface area contributed by atoms with E-state index in [1.54, 1.807) is 0 Å². The fraction of sp³-hybridized carbons (Fsp3) is 0.474. The van der Waals surface area contributed by atoms with E-state index in [0.717, 1.165) is 54.5 Å². The molecule has 1 aromatic carbocycles. The van der Waals surface area contributed by atoms with Crippen LogP contribution in [0.2, 0.25) is 0 Å². The summed E-state index contributed by atoms with van der Waals surface area (Å²) in [7, 11) is 0. The molecule has 0 unspecified atom stereocenters. The number of β-amino-alcohol motifs (C(OH)–C–C–N with tert-alkyl or cyclic N) is 1. The van der Waals surface area contributed by atoms with E-state index in [-0.39, 0.29) is 12.3 Å². The van der Waals surface area contributed by atoms with Crippen molar-refractivity contribution in [2.75, 3.05) is 32.0 Å². The molecule has 0 radical (unpaired) electrons. The van der Waals surface area contributed by atoms with Gasteiger partial charge in [-0.3, -0.25) is 4.57 Å². The summed E-state index contributed by atoms with van der Waals surface area (Å²) in [5, 5.41) is 10.0. The molecule has 26 heavy (non-hydrogen) atoms. The van der Waals surface area contributed by atoms with Gasteiger partial charge in [-0.05, 0) is 50.4 Å². The molecule has 138 valence electrons. The van der Waals surface area contributed by atoms with Gasteiger partial charge in [0.1, 0.15) is 11.3 Å². The number of nitrogens with one attached hydrogen (secondary N) is 1. The lowest BCUT2D eigenvalue weighted by molar-refractivity contribution is 0.141. The van der Waals surface area contributed by atoms with Gasteiger partial charge < -0.3 is 20.7 Å². The summed E-state index contributed by atoms with van der Waals surface area (Å²) in [4.78, 5) is 22.3. The summed E-state index contributed by atoms with van der Waals surface area (Å²) in [6.07, 6.45) is 2.05. The Hall–Kier alpha value is -2.38. The van der Waals surface area contributed by atoms with Gasteiger partial charge in [-0.2, -0.15) is 0 Å². The van der Waals surface area contributed by atoms with Crippen LogP contribution in [0.15, 0.2) is 23.0 Å². The zero-order valence-electron chi connectivity index (χ0n) is 15.0. The minimum Gasteiger partial charge on any atom is -0.395 e. The summed E-state index contributed by atoms with van der Waals surface area (Å²) in [5.41, 5.74) is 9.41. The highest BCUT2D eigenvalue weighted by atomic mass is 16.3. The summed E-state index contributed by atoms with van der Waals surface area (Å²) < 4.78 is 1.83. The number of piperidine rings is 1. The molecule has 1 aliphatic heterocycles. The molecule has 4 N–H and O–H groups in total. The molecule has 4 rings (SSSR count). The SMILES string of the molecule is Cc1ccc2c(c1)nc(N)c1[nH]c(=O)n(CC3CCN(CCO)CC3)c12. The first-order valence-electron chi connectivity index (χ1n) is 9.18. The maximum atomic E-state index is 12.6. The van der Waals surface area contributed by atoms with Crippen LogP contribution in [0.5, 0.6) is 0 Å². The minimum absolute atomic E-state index is 0.126. The van der Waals surface area contributed by atoms with Gasteiger partial charge in [0.25, 0.3) is 0 Å². The van der Waals surface area contributed by atoms with Crippen LogP contribution in [0, 0.1) is 12.8 Å². The average Bonchev–Trinajstić information content (AvgIpc) is 2.94. The number of aromatic amines is 1. The van der Waals surface area contributed by atoms with Gasteiger partial charge in [-0.1, -0.05) is 12.1 Å². The van der Waals surface area contributed by atoms with Crippen molar-refractivity contribution in [2.45, 2.75) is 26.3 Å². The molecule has 0 amide bonds. The van der Waals surface area contributed by atoms with Gasteiger partial charge in [0, 0.05) is 18.5 Å². The van der Waals surface area contributed by atoms with Crippen LogP contribution in [0.3, 0.4) is 0 Å². The molecule has 1 saturated heterocycles. The Morgan fingerprint density at radius 2 is 2.12 bits per heavy atom. The highest BCUT2D eigenvalue weighted by molar-refractivity contribution is 6.06. The van der Waals surface area contributed by atoms with E-state index in [4.69, 9.17) is 10.8 Å². The number of aliphatic hydroxyl groups is 1. The van der Waals surface area contributed by atoms with Gasteiger partial charge >= 0.3 is 5.69 Å². The lowest BCUT2D eigenvalue weighted by Gasteiger charge is -2.31. The molecule has 7 nitrogen and oxygen atoms in total. The number of hydrogen-bond donors (Lipinski definition) is 3. The second-order valence-electron chi connectivity index (χ2n) is 7.29. The number of imidazole rings is 1. The number of H-pyrrole nitrogens is 1. The number of nitrogen functional groups attached to an aromatic ring is 1. The first kappa shape index (κ1) is 17.1. The van der Waals surface area contributed by atoms with Gasteiger partial charge in [-0.25, -0.2) is 9.78 Å². The Morgan fingerprint density at radius 1 is 1.35 bits per heavy atom. The number of benzene rings is 1. The number of hydrogen-bond acceptors (Lipinski definition) is 5. The lowest BCUT2D eigenvalue weighted by Crippen LogP contribution is -2.37. The van der Waals surface area contributed by atoms with E-state index in [2.05, 4.69) is 14.9 Å². The van der Waals surface area contributed by atoms with E-state index in [9.17, 15) is 4.79 Å². The van der Waals surface area contributed by atoms with Crippen molar-refractivity contribution in [1.29, 1.82) is 0 Å². The molecular formula is C19H25N5O2. The number of nitrogens with two attached hydrogens (primary N) is 1. The first-order chi connectivity index (χ1) is 12.6. The van der Waals surface area contributed by atoms with Crippen LogP contribution < -0.4 is 11.4 Å². The molecule has 0 spiro atoms. The van der Waals surface area contributed by atoms with Crippen LogP contribution >= 0.6 is 0 Å². The molecule has 1 aliphatic rings. The van der Waals surface area contributed by atoms with Crippen molar-refractivity contribution in [2.24, 2.45) is 5.92 Å². The number of aliphatic hydroxyl groups excluding tert-OH is 1. The Labute approximate surface area is 151 Å². The second-order valence-corrected chi connectivity index (χ2v) is 7.29. The highest BCUT2D eigenvalue weighted by Gasteiger charge is 2.22. The zero-order chi connectivity index (χ0) is 18.3. The molecule has 3 aromatic rings. The minimum atomic E-state index is -0.126. The van der Waals surface area contributed by atoms with Crippen molar-refractivity contribution < 1.29 is 5.11 Å². The molecule has 0 atom stereocenters. The average molecular weight is 355 g/mol. The Morgan fingerprint density at radius 3 is 2.85 bits per heavy atom. The Balaban J connectivity index is 1.72. The number of anilines is 1. The summed E-state index contributed by atoms with van der Waals surface area (Å²) in [6.45, 7) is 5.55. The largest absolute Gasteiger partial charge is 0.395 e. The van der Waals surface area contributed by atoms with Crippen LogP contribution in [-0.2, 0) is 6.54 Å². The maximum Gasteiger partial charge on any atom is 0.326 e. The van der Waals surface area contributed by atoms with Gasteiger partial charge in [0.2, 0.25) is 0 Å². The standard InChI is InChI=1S/C19H25N5O2/c1-12-2-3-14-15(10-12)21-18(20)16-17(14)24(19(26)22-16)11-13-4-6-23(7-5-13)8-9-25/h2-3,10,13,25H,4-9,11H2,1H3,(H2,20,21)(H,22,26). The molecule has 0 saturated carbocycles. The van der Waals surface area contributed by atoms with Crippen molar-refractivity contribution >= 4 is 27.8 Å². The third-order valence-corrected chi connectivity index (χ3v) is 5.45. The number of nitrogens with zero attached hydrogens (tertiary/aromatic N) is 3. The van der Waals surface area contributed by atoms with E-state index < -0.39 is 0 Å². The number of likely N-dealkylation sites (tertiary alicyclic amines) is 1. The normalized spacial score (nSPS) is 16.7. The van der Waals surface area contributed by atoms with E-state index >= 15 is 0 Å². The predicted octanol–water partition coefficient (Wildman–Crippen LogP) is 1.47. The topological polar surface area (TPSA) is 100 Å². The number of rotatable bonds is 4. The summed E-state index contributed by atoms with van der Waals surface area (Å²) in [6, 6.07) is 6.06. The molecule has 7 heteroatoms. The Kier molecular flexibility index (Phi) is 4.42. The van der Waals surface area contributed by atoms with Gasteiger partial charge in [0.15, 0.2) is 0 Å². The summed E-state index contributed by atoms with van der Waals surface area (Å²) >= 11 is 0. The molecule has 0 bridgehead atoms. The van der Waals surface area contributed by atoms with Crippen LogP contribution in [0.1, 0.15) is 18.4 Å². The zero-order valence-corrected chi connectivity index (χ0v) is 15.0. The van der Waals surface area contributed by atoms with Gasteiger partial charge in [-0.15, -0.1) is 0 Å². The second kappa shape index (κ2) is 6.74. The number of fused-ring (bicyclic) bond motifs is 3. The number of aromatic nitrogens is 3. The third-order valence-electron chi connectivity index (χ3n) is 5.45. The van der Waals surface area contributed by atoms with Crippen molar-refractivity contribution in [3.63, 3.8) is 0 Å². The van der Waals surface area contributed by atoms with E-state index in [0.29, 0.717) is 23.8 Å². The van der Waals surface area contributed by atoms with Crippen LogP contribution in [-0.4, -0.2) is 50.8 Å². The molecular weight excluding hydrogens is 330 g/mol. The van der Waals surface area contributed by atoms with Crippen molar-refractivity contribution in [3.05, 3.63) is 34.2 Å². The molecule has 0 aliphatic carbocycles. The predicted molar refractivity (Wildman–Crippen MR) is 103 cm³/mol. The lowest BCUT2D eigenvalue weighted by atomic mass is 9.96. The van der Waals surface area contributed by atoms with Crippen LogP contribution in [0.25, 0.3) is 21.9 Å². The Bertz CT molecular complexity index is 998. The first-order valence-corrected chi connectivity index (χ1v) is 9.18. The quantitative estimate of drug-likeness (QED) is 0.658. The number of aryl methyl sites for hydroxylation is 1. The summed E-state index contributed by atoms with van der Waals surface area (Å²) in [5.74, 6) is 0.809. The fourth-order valence-corrected chi connectivity index (χ4v) is 4.02. The molecule has 2 aromatic heterocycles. The van der Waals surface area contributed by atoms with E-state index in [1.165, 1.54) is 0 Å². The fourth-order valence-electron chi connectivity index (χ4n) is 4.02.